The van der Waals surface area contributed by atoms with Crippen LogP contribution >= 0.6 is 11.6 Å². The zero-order chi connectivity index (χ0) is 17.0. The topological polar surface area (TPSA) is 75.6 Å². The number of phenolic OH excluding ortho intramolecular Hbond substituents is 1. The van der Waals surface area contributed by atoms with Gasteiger partial charge in [-0.1, -0.05) is 17.7 Å². The van der Waals surface area contributed by atoms with E-state index in [0.717, 1.165) is 6.07 Å². The smallest absolute Gasteiger partial charge is 0.342 e. The maximum absolute atomic E-state index is 13.4. The predicted molar refractivity (Wildman–Crippen MR) is 83.2 cm³/mol. The number of rotatable bonds is 4. The van der Waals surface area contributed by atoms with Crippen molar-refractivity contribution < 1.29 is 23.8 Å². The Labute approximate surface area is 136 Å². The van der Waals surface area contributed by atoms with Crippen LogP contribution in [-0.4, -0.2) is 23.6 Å². The van der Waals surface area contributed by atoms with Gasteiger partial charge >= 0.3 is 5.97 Å². The third kappa shape index (κ3) is 4.43. The molecule has 0 saturated carbocycles. The molecule has 2 aromatic carbocycles. The van der Waals surface area contributed by atoms with Gasteiger partial charge in [-0.3, -0.25) is 4.79 Å². The molecule has 0 aromatic heterocycles. The van der Waals surface area contributed by atoms with Crippen LogP contribution in [0.1, 0.15) is 15.9 Å². The van der Waals surface area contributed by atoms with Gasteiger partial charge in [0, 0.05) is 10.7 Å². The van der Waals surface area contributed by atoms with Gasteiger partial charge in [0.05, 0.1) is 0 Å². The van der Waals surface area contributed by atoms with Gasteiger partial charge in [0.15, 0.2) is 6.61 Å². The number of benzene rings is 2. The lowest BCUT2D eigenvalue weighted by molar-refractivity contribution is -0.119. The number of carbonyl (C=O) groups is 2. The van der Waals surface area contributed by atoms with Crippen molar-refractivity contribution in [1.29, 1.82) is 0 Å². The number of anilines is 1. The molecule has 0 aliphatic heterocycles. The van der Waals surface area contributed by atoms with Gasteiger partial charge in [-0.25, -0.2) is 9.18 Å². The third-order valence-corrected chi connectivity index (χ3v) is 3.20. The summed E-state index contributed by atoms with van der Waals surface area (Å²) in [6.45, 7) is 1.01. The Morgan fingerprint density at radius 3 is 2.70 bits per heavy atom. The number of ether oxygens (including phenoxy) is 1. The Morgan fingerprint density at radius 1 is 1.26 bits per heavy atom. The summed E-state index contributed by atoms with van der Waals surface area (Å²) in [5, 5.41) is 12.2. The van der Waals surface area contributed by atoms with Crippen LogP contribution in [0.25, 0.3) is 0 Å². The molecule has 0 fully saturated rings. The van der Waals surface area contributed by atoms with E-state index < -0.39 is 24.3 Å². The molecule has 0 radical (unpaired) electrons. The molecule has 1 amide bonds. The molecular weight excluding hydrogens is 325 g/mol. The Bertz CT molecular complexity index is 764. The molecule has 120 valence electrons. The second-order valence-electron chi connectivity index (χ2n) is 4.75. The highest BCUT2D eigenvalue weighted by Crippen LogP contribution is 2.22. The van der Waals surface area contributed by atoms with Crippen molar-refractivity contribution in [2.24, 2.45) is 0 Å². The zero-order valence-corrected chi connectivity index (χ0v) is 12.9. The van der Waals surface area contributed by atoms with E-state index in [4.69, 9.17) is 16.3 Å². The molecule has 7 heteroatoms. The van der Waals surface area contributed by atoms with Crippen LogP contribution in [-0.2, 0) is 9.53 Å². The summed E-state index contributed by atoms with van der Waals surface area (Å²) in [5.74, 6) is -2.29. The first-order valence-electron chi connectivity index (χ1n) is 6.58. The summed E-state index contributed by atoms with van der Waals surface area (Å²) >= 11 is 5.72. The van der Waals surface area contributed by atoms with E-state index in [0.29, 0.717) is 5.56 Å². The number of hydrogen-bond donors (Lipinski definition) is 2. The maximum atomic E-state index is 13.4. The van der Waals surface area contributed by atoms with Crippen LogP contribution in [0.2, 0.25) is 5.02 Å². The van der Waals surface area contributed by atoms with E-state index in [-0.39, 0.29) is 22.0 Å². The van der Waals surface area contributed by atoms with Gasteiger partial charge in [0.2, 0.25) is 0 Å². The van der Waals surface area contributed by atoms with Crippen molar-refractivity contribution in [3.8, 4) is 5.75 Å². The van der Waals surface area contributed by atoms with Gasteiger partial charge in [-0.2, -0.15) is 0 Å². The van der Waals surface area contributed by atoms with Crippen LogP contribution in [0, 0.1) is 12.7 Å². The molecule has 5 nitrogen and oxygen atoms in total. The Morgan fingerprint density at radius 2 is 2.00 bits per heavy atom. The summed E-state index contributed by atoms with van der Waals surface area (Å²) in [4.78, 5) is 23.5. The Hall–Kier alpha value is -2.60. The fourth-order valence-electron chi connectivity index (χ4n) is 1.75. The van der Waals surface area contributed by atoms with E-state index in [1.54, 1.807) is 6.92 Å². The number of aromatic hydroxyl groups is 1. The van der Waals surface area contributed by atoms with Gasteiger partial charge in [0.1, 0.15) is 17.1 Å². The first-order chi connectivity index (χ1) is 10.9. The number of amides is 1. The minimum atomic E-state index is -0.893. The molecule has 23 heavy (non-hydrogen) atoms. The largest absolute Gasteiger partial charge is 0.507 e. The van der Waals surface area contributed by atoms with Gasteiger partial charge in [-0.05, 0) is 42.8 Å². The summed E-state index contributed by atoms with van der Waals surface area (Å²) in [6, 6.07) is 8.09. The van der Waals surface area contributed by atoms with Crippen LogP contribution in [0.15, 0.2) is 36.4 Å². The molecule has 0 spiro atoms. The Balaban J connectivity index is 1.94. The standard InChI is InChI=1S/C16H13ClFNO4/c1-9-2-4-11(7-13(9)18)19-15(21)8-23-16(22)12-6-10(17)3-5-14(12)20/h2-7,20H,8H2,1H3,(H,19,21). The van der Waals surface area contributed by atoms with Crippen molar-refractivity contribution in [1.82, 2.24) is 0 Å². The van der Waals surface area contributed by atoms with Crippen LogP contribution in [0.5, 0.6) is 5.75 Å². The number of esters is 1. The molecular formula is C16H13ClFNO4. The minimum Gasteiger partial charge on any atom is -0.507 e. The molecule has 0 atom stereocenters. The monoisotopic (exact) mass is 337 g/mol. The highest BCUT2D eigenvalue weighted by atomic mass is 35.5. The SMILES string of the molecule is Cc1ccc(NC(=O)COC(=O)c2cc(Cl)ccc2O)cc1F. The quantitative estimate of drug-likeness (QED) is 0.839. The molecule has 0 aliphatic carbocycles. The van der Waals surface area contributed by atoms with Crippen LogP contribution in [0.4, 0.5) is 10.1 Å². The highest BCUT2D eigenvalue weighted by molar-refractivity contribution is 6.31. The van der Waals surface area contributed by atoms with E-state index in [9.17, 15) is 19.1 Å². The second kappa shape index (κ2) is 7.11. The average Bonchev–Trinajstić information content (AvgIpc) is 2.51. The number of halogens is 2. The van der Waals surface area contributed by atoms with Gasteiger partial charge < -0.3 is 15.2 Å². The van der Waals surface area contributed by atoms with E-state index in [1.807, 2.05) is 0 Å². The molecule has 0 bridgehead atoms. The molecule has 0 heterocycles. The van der Waals surface area contributed by atoms with Gasteiger partial charge in [-0.15, -0.1) is 0 Å². The third-order valence-electron chi connectivity index (χ3n) is 2.97. The molecule has 0 saturated heterocycles. The predicted octanol–water partition coefficient (Wildman–Crippen LogP) is 3.29. The molecule has 2 N–H and O–H groups in total. The van der Waals surface area contributed by atoms with Crippen LogP contribution in [0.3, 0.4) is 0 Å². The Kier molecular flexibility index (Phi) is 5.18. The second-order valence-corrected chi connectivity index (χ2v) is 5.19. The van der Waals surface area contributed by atoms with E-state index >= 15 is 0 Å². The molecule has 2 rings (SSSR count). The van der Waals surface area contributed by atoms with E-state index in [2.05, 4.69) is 5.32 Å². The molecule has 0 aliphatic rings. The van der Waals surface area contributed by atoms with Crippen molar-refractivity contribution in [2.45, 2.75) is 6.92 Å². The number of hydrogen-bond acceptors (Lipinski definition) is 4. The van der Waals surface area contributed by atoms with Crippen molar-refractivity contribution in [2.75, 3.05) is 11.9 Å². The van der Waals surface area contributed by atoms with Gasteiger partial charge in [0.25, 0.3) is 5.91 Å². The zero-order valence-electron chi connectivity index (χ0n) is 12.1. The number of carbonyl (C=O) groups excluding carboxylic acids is 2. The summed E-state index contributed by atoms with van der Waals surface area (Å²) in [6.07, 6.45) is 0. The number of phenols is 1. The normalized spacial score (nSPS) is 10.2. The van der Waals surface area contributed by atoms with E-state index in [1.165, 1.54) is 30.3 Å². The molecule has 2 aromatic rings. The lowest BCUT2D eigenvalue weighted by Crippen LogP contribution is -2.21. The average molecular weight is 338 g/mol. The summed E-state index contributed by atoms with van der Waals surface area (Å²) in [7, 11) is 0. The minimum absolute atomic E-state index is 0.147. The fraction of sp³-hybridized carbons (Fsp3) is 0.125. The fourth-order valence-corrected chi connectivity index (χ4v) is 1.92. The van der Waals surface area contributed by atoms with Crippen molar-refractivity contribution >= 4 is 29.2 Å². The summed E-state index contributed by atoms with van der Waals surface area (Å²) in [5.41, 5.74) is 0.553. The lowest BCUT2D eigenvalue weighted by Gasteiger charge is -2.08. The van der Waals surface area contributed by atoms with Crippen molar-refractivity contribution in [3.63, 3.8) is 0 Å². The molecule has 0 unspecified atom stereocenters. The first-order valence-corrected chi connectivity index (χ1v) is 6.96. The number of nitrogens with one attached hydrogen (secondary N) is 1. The highest BCUT2D eigenvalue weighted by Gasteiger charge is 2.15. The number of aryl methyl sites for hydroxylation is 1. The van der Waals surface area contributed by atoms with Crippen LogP contribution < -0.4 is 5.32 Å². The summed E-state index contributed by atoms with van der Waals surface area (Å²) < 4.78 is 18.2. The maximum Gasteiger partial charge on any atom is 0.342 e. The lowest BCUT2D eigenvalue weighted by atomic mass is 10.2. The van der Waals surface area contributed by atoms with Crippen molar-refractivity contribution in [3.05, 3.63) is 58.4 Å². The first kappa shape index (κ1) is 16.8.